The fourth-order valence-electron chi connectivity index (χ4n) is 6.00. The smallest absolute Gasteiger partial charge is 0.254 e. The van der Waals surface area contributed by atoms with Crippen LogP contribution in [0, 0.1) is 0 Å². The Hall–Kier alpha value is -3.80. The Labute approximate surface area is 205 Å². The molecule has 3 aromatic rings. The first-order valence-corrected chi connectivity index (χ1v) is 12.3. The minimum absolute atomic E-state index is 0.0325. The van der Waals surface area contributed by atoms with Crippen molar-refractivity contribution >= 4 is 17.5 Å². The average molecular weight is 468 g/mol. The number of piperazine rings is 1. The van der Waals surface area contributed by atoms with Crippen molar-refractivity contribution in [3.05, 3.63) is 95.1 Å². The zero-order valence-electron chi connectivity index (χ0n) is 19.9. The number of amides is 2. The quantitative estimate of drug-likeness (QED) is 0.587. The number of para-hydroxylation sites is 2. The molecule has 1 fully saturated rings. The zero-order valence-corrected chi connectivity index (χ0v) is 19.9. The van der Waals surface area contributed by atoms with Crippen molar-refractivity contribution in [2.75, 3.05) is 44.7 Å². The maximum Gasteiger partial charge on any atom is 0.254 e. The molecular formula is C29H29N3O3. The van der Waals surface area contributed by atoms with Crippen LogP contribution in [0.5, 0.6) is 5.75 Å². The van der Waals surface area contributed by atoms with Gasteiger partial charge in [0.15, 0.2) is 0 Å². The maximum absolute atomic E-state index is 14.2. The number of rotatable bonds is 3. The molecule has 35 heavy (non-hydrogen) atoms. The van der Waals surface area contributed by atoms with E-state index in [1.54, 1.807) is 7.11 Å². The summed E-state index contributed by atoms with van der Waals surface area (Å²) in [5, 5.41) is 0. The van der Waals surface area contributed by atoms with Crippen molar-refractivity contribution in [1.82, 2.24) is 9.80 Å². The predicted molar refractivity (Wildman–Crippen MR) is 135 cm³/mol. The SMILES string of the molecule is COc1ccccc1N1CCN(C(=O)C2c3ccccc3C(=O)N3CCc4ccccc4C23)CC1. The first kappa shape index (κ1) is 21.7. The highest BCUT2D eigenvalue weighted by molar-refractivity contribution is 6.01. The van der Waals surface area contributed by atoms with Gasteiger partial charge in [0, 0.05) is 38.3 Å². The lowest BCUT2D eigenvalue weighted by molar-refractivity contribution is -0.135. The van der Waals surface area contributed by atoms with Gasteiger partial charge in [-0.2, -0.15) is 0 Å². The highest BCUT2D eigenvalue weighted by Gasteiger charge is 2.47. The van der Waals surface area contributed by atoms with Gasteiger partial charge in [0.1, 0.15) is 5.75 Å². The molecule has 0 aromatic heterocycles. The first-order chi connectivity index (χ1) is 17.2. The summed E-state index contributed by atoms with van der Waals surface area (Å²) in [6.45, 7) is 3.39. The van der Waals surface area contributed by atoms with E-state index in [-0.39, 0.29) is 17.9 Å². The second-order valence-corrected chi connectivity index (χ2v) is 9.44. The van der Waals surface area contributed by atoms with Gasteiger partial charge >= 0.3 is 0 Å². The molecular weight excluding hydrogens is 438 g/mol. The molecule has 0 spiro atoms. The van der Waals surface area contributed by atoms with E-state index in [0.29, 0.717) is 25.2 Å². The summed E-state index contributed by atoms with van der Waals surface area (Å²) in [6.07, 6.45) is 0.819. The molecule has 3 aliphatic rings. The van der Waals surface area contributed by atoms with Gasteiger partial charge in [-0.05, 0) is 41.3 Å². The summed E-state index contributed by atoms with van der Waals surface area (Å²) >= 11 is 0. The summed E-state index contributed by atoms with van der Waals surface area (Å²) in [5.74, 6) is 0.589. The number of carbonyl (C=O) groups is 2. The molecule has 2 unspecified atom stereocenters. The Bertz CT molecular complexity index is 1280. The third kappa shape index (κ3) is 3.55. The summed E-state index contributed by atoms with van der Waals surface area (Å²) in [6, 6.07) is 23.7. The standard InChI is InChI=1S/C29H29N3O3/c1-35-25-13-7-6-12-24(25)30-16-18-31(19-17-30)29(34)26-22-10-4-5-11-23(22)28(33)32-15-14-20-8-2-3-9-21(20)27(26)32/h2-13,26-27H,14-19H2,1H3. The van der Waals surface area contributed by atoms with Gasteiger partial charge in [0.05, 0.1) is 24.8 Å². The number of fused-ring (bicyclic) bond motifs is 4. The Morgan fingerprint density at radius 3 is 2.31 bits per heavy atom. The Morgan fingerprint density at radius 1 is 0.829 bits per heavy atom. The van der Waals surface area contributed by atoms with Crippen LogP contribution in [0.1, 0.15) is 39.0 Å². The number of hydrogen-bond donors (Lipinski definition) is 0. The van der Waals surface area contributed by atoms with Crippen molar-refractivity contribution in [3.8, 4) is 5.75 Å². The van der Waals surface area contributed by atoms with Crippen molar-refractivity contribution in [3.63, 3.8) is 0 Å². The number of anilines is 1. The summed E-state index contributed by atoms with van der Waals surface area (Å²) in [4.78, 5) is 33.8. The molecule has 1 saturated heterocycles. The number of hydrogen-bond acceptors (Lipinski definition) is 4. The molecule has 6 rings (SSSR count). The minimum atomic E-state index is -0.400. The van der Waals surface area contributed by atoms with E-state index < -0.39 is 5.92 Å². The van der Waals surface area contributed by atoms with Crippen LogP contribution in [-0.4, -0.2) is 61.4 Å². The predicted octanol–water partition coefficient (Wildman–Crippen LogP) is 3.88. The van der Waals surface area contributed by atoms with Crippen LogP contribution in [0.15, 0.2) is 72.8 Å². The first-order valence-electron chi connectivity index (χ1n) is 12.3. The second kappa shape index (κ2) is 8.77. The number of benzene rings is 3. The van der Waals surface area contributed by atoms with Gasteiger partial charge in [-0.25, -0.2) is 0 Å². The van der Waals surface area contributed by atoms with Crippen LogP contribution < -0.4 is 9.64 Å². The highest BCUT2D eigenvalue weighted by atomic mass is 16.5. The lowest BCUT2D eigenvalue weighted by atomic mass is 9.75. The lowest BCUT2D eigenvalue weighted by Crippen LogP contribution is -2.54. The summed E-state index contributed by atoms with van der Waals surface area (Å²) in [7, 11) is 1.69. The van der Waals surface area contributed by atoms with E-state index in [4.69, 9.17) is 4.74 Å². The fourth-order valence-corrected chi connectivity index (χ4v) is 6.00. The van der Waals surface area contributed by atoms with E-state index in [9.17, 15) is 9.59 Å². The van der Waals surface area contributed by atoms with Gasteiger partial charge < -0.3 is 19.4 Å². The Kier molecular flexibility index (Phi) is 5.44. The summed E-state index contributed by atoms with van der Waals surface area (Å²) < 4.78 is 5.55. The van der Waals surface area contributed by atoms with Crippen LogP contribution in [0.4, 0.5) is 5.69 Å². The normalized spacial score (nSPS) is 21.2. The number of ether oxygens (including phenoxy) is 1. The maximum atomic E-state index is 14.2. The molecule has 178 valence electrons. The molecule has 0 saturated carbocycles. The average Bonchev–Trinajstić information content (AvgIpc) is 2.93. The minimum Gasteiger partial charge on any atom is -0.495 e. The Morgan fingerprint density at radius 2 is 1.51 bits per heavy atom. The molecule has 3 aliphatic heterocycles. The van der Waals surface area contributed by atoms with Crippen molar-refractivity contribution < 1.29 is 14.3 Å². The molecule has 0 aliphatic carbocycles. The largest absolute Gasteiger partial charge is 0.495 e. The van der Waals surface area contributed by atoms with Gasteiger partial charge in [0.25, 0.3) is 5.91 Å². The third-order valence-electron chi connectivity index (χ3n) is 7.72. The molecule has 6 heteroatoms. The molecule has 0 bridgehead atoms. The van der Waals surface area contributed by atoms with E-state index in [1.807, 2.05) is 64.4 Å². The van der Waals surface area contributed by atoms with Crippen molar-refractivity contribution in [2.24, 2.45) is 0 Å². The molecule has 6 nitrogen and oxygen atoms in total. The van der Waals surface area contributed by atoms with Crippen LogP contribution in [-0.2, 0) is 11.2 Å². The number of methoxy groups -OCH3 is 1. The van der Waals surface area contributed by atoms with E-state index in [2.05, 4.69) is 23.1 Å². The van der Waals surface area contributed by atoms with Gasteiger partial charge in [-0.1, -0.05) is 54.6 Å². The molecule has 3 aromatic carbocycles. The van der Waals surface area contributed by atoms with Crippen LogP contribution in [0.2, 0.25) is 0 Å². The molecule has 2 amide bonds. The van der Waals surface area contributed by atoms with Gasteiger partial charge in [-0.15, -0.1) is 0 Å². The van der Waals surface area contributed by atoms with Crippen LogP contribution in [0.3, 0.4) is 0 Å². The van der Waals surface area contributed by atoms with Crippen LogP contribution in [0.25, 0.3) is 0 Å². The van der Waals surface area contributed by atoms with Gasteiger partial charge in [0.2, 0.25) is 5.91 Å². The van der Waals surface area contributed by atoms with Gasteiger partial charge in [-0.3, -0.25) is 9.59 Å². The second-order valence-electron chi connectivity index (χ2n) is 9.44. The number of carbonyl (C=O) groups excluding carboxylic acids is 2. The van der Waals surface area contributed by atoms with Crippen molar-refractivity contribution in [2.45, 2.75) is 18.4 Å². The van der Waals surface area contributed by atoms with Crippen LogP contribution >= 0.6 is 0 Å². The van der Waals surface area contributed by atoms with Crippen molar-refractivity contribution in [1.29, 1.82) is 0 Å². The van der Waals surface area contributed by atoms with E-state index >= 15 is 0 Å². The van der Waals surface area contributed by atoms with E-state index in [1.165, 1.54) is 5.56 Å². The topological polar surface area (TPSA) is 53.1 Å². The lowest BCUT2D eigenvalue weighted by Gasteiger charge is -2.47. The van der Waals surface area contributed by atoms with E-state index in [0.717, 1.165) is 42.1 Å². The Balaban J connectivity index is 1.32. The highest BCUT2D eigenvalue weighted by Crippen LogP contribution is 2.46. The molecule has 3 heterocycles. The monoisotopic (exact) mass is 467 g/mol. The number of nitrogens with zero attached hydrogens (tertiary/aromatic N) is 3. The molecule has 0 N–H and O–H groups in total. The molecule has 2 atom stereocenters. The molecule has 0 radical (unpaired) electrons. The third-order valence-corrected chi connectivity index (χ3v) is 7.72. The fraction of sp³-hybridized carbons (Fsp3) is 0.310. The zero-order chi connectivity index (χ0) is 23.9. The summed E-state index contributed by atoms with van der Waals surface area (Å²) in [5.41, 5.74) is 4.91.